The lowest BCUT2D eigenvalue weighted by atomic mass is 9.93. The van der Waals surface area contributed by atoms with Crippen LogP contribution >= 0.6 is 0 Å². The molecule has 0 spiro atoms. The summed E-state index contributed by atoms with van der Waals surface area (Å²) >= 11 is 0. The van der Waals surface area contributed by atoms with Gasteiger partial charge in [-0.1, -0.05) is 25.1 Å². The molecule has 0 aliphatic carbocycles. The van der Waals surface area contributed by atoms with Crippen molar-refractivity contribution in [2.45, 2.75) is 25.7 Å². The summed E-state index contributed by atoms with van der Waals surface area (Å²) in [6, 6.07) is 9.67. The summed E-state index contributed by atoms with van der Waals surface area (Å²) in [6.07, 6.45) is 3.08. The van der Waals surface area contributed by atoms with Gasteiger partial charge in [0.05, 0.1) is 0 Å². The van der Waals surface area contributed by atoms with E-state index in [1.165, 1.54) is 18.4 Å². The number of anilines is 1. The van der Waals surface area contributed by atoms with Gasteiger partial charge >= 0.3 is 0 Å². The first kappa shape index (κ1) is 22.0. The van der Waals surface area contributed by atoms with E-state index in [9.17, 15) is 9.18 Å². The molecule has 4 aromatic rings. The van der Waals surface area contributed by atoms with E-state index >= 15 is 0 Å². The summed E-state index contributed by atoms with van der Waals surface area (Å²) < 4.78 is 24.6. The normalized spacial score (nSPS) is 14.4. The number of amides is 1. The van der Waals surface area contributed by atoms with Crippen LogP contribution in [0, 0.1) is 5.82 Å². The van der Waals surface area contributed by atoms with E-state index in [1.54, 1.807) is 24.4 Å². The second-order valence-corrected chi connectivity index (χ2v) is 8.82. The van der Waals surface area contributed by atoms with Crippen molar-refractivity contribution >= 4 is 11.7 Å². The lowest BCUT2D eigenvalue weighted by Crippen LogP contribution is -2.41. The van der Waals surface area contributed by atoms with Gasteiger partial charge in [0, 0.05) is 36.7 Å². The van der Waals surface area contributed by atoms with Crippen molar-refractivity contribution in [3.8, 4) is 22.7 Å². The number of likely N-dealkylation sites (tertiary alicyclic amines) is 1. The molecular weight excluding hydrogens is 437 g/mol. The fourth-order valence-corrected chi connectivity index (χ4v) is 4.01. The molecular formula is C25H24FN5O3. The molecule has 1 fully saturated rings. The highest BCUT2D eigenvalue weighted by Crippen LogP contribution is 2.37. The summed E-state index contributed by atoms with van der Waals surface area (Å²) in [6.45, 7) is 5.92. The summed E-state index contributed by atoms with van der Waals surface area (Å²) in [5.41, 5.74) is 2.91. The van der Waals surface area contributed by atoms with E-state index < -0.39 is 5.91 Å². The minimum atomic E-state index is -0.440. The molecule has 3 aromatic heterocycles. The minimum Gasteiger partial charge on any atom is -0.443 e. The molecule has 5 rings (SSSR count). The van der Waals surface area contributed by atoms with Gasteiger partial charge in [0.1, 0.15) is 29.2 Å². The first-order chi connectivity index (χ1) is 16.4. The number of rotatable bonds is 6. The first-order valence-corrected chi connectivity index (χ1v) is 11.1. The highest BCUT2D eigenvalue weighted by molar-refractivity contribution is 6.02. The lowest BCUT2D eigenvalue weighted by Gasteiger charge is -2.36. The number of nitrogens with zero attached hydrogens (tertiary/aromatic N) is 4. The summed E-state index contributed by atoms with van der Waals surface area (Å²) in [4.78, 5) is 23.8. The van der Waals surface area contributed by atoms with Crippen LogP contribution in [0.5, 0.6) is 0 Å². The molecule has 1 aliphatic heterocycles. The molecule has 0 unspecified atom stereocenters. The number of likely N-dealkylation sites (N-methyl/N-ethyl adjacent to an activating group) is 1. The topological polar surface area (TPSA) is 97.3 Å². The number of halogens is 1. The molecule has 1 saturated heterocycles. The predicted octanol–water partition coefficient (Wildman–Crippen LogP) is 4.94. The lowest BCUT2D eigenvalue weighted by molar-refractivity contribution is 0.102. The Morgan fingerprint density at radius 3 is 2.59 bits per heavy atom. The Labute approximate surface area is 195 Å². The van der Waals surface area contributed by atoms with Gasteiger partial charge in [-0.25, -0.2) is 14.4 Å². The van der Waals surface area contributed by atoms with Crippen molar-refractivity contribution in [1.29, 1.82) is 0 Å². The predicted molar refractivity (Wildman–Crippen MR) is 124 cm³/mol. The van der Waals surface area contributed by atoms with Crippen LogP contribution in [0.1, 0.15) is 47.5 Å². The Hall–Kier alpha value is -3.85. The van der Waals surface area contributed by atoms with Crippen LogP contribution in [0.4, 0.5) is 10.2 Å². The van der Waals surface area contributed by atoms with E-state index in [-0.39, 0.29) is 23.3 Å². The largest absolute Gasteiger partial charge is 0.443 e. The van der Waals surface area contributed by atoms with Crippen LogP contribution in [-0.4, -0.2) is 46.1 Å². The zero-order chi connectivity index (χ0) is 23.8. The number of pyridine rings is 1. The van der Waals surface area contributed by atoms with Crippen molar-refractivity contribution in [1.82, 2.24) is 20.0 Å². The molecule has 0 bridgehead atoms. The minimum absolute atomic E-state index is 0.0148. The fraction of sp³-hybridized carbons (Fsp3) is 0.280. The van der Waals surface area contributed by atoms with Gasteiger partial charge in [-0.2, -0.15) is 0 Å². The zero-order valence-corrected chi connectivity index (χ0v) is 19.1. The SMILES string of the molecule is CC(C)c1onc(-c2ccc(F)cc2)c1-c1nc(C(=O)Nc2ccc(C3CN(C)C3)cn2)co1. The monoisotopic (exact) mass is 461 g/mol. The third-order valence-electron chi connectivity index (χ3n) is 5.87. The van der Waals surface area contributed by atoms with Crippen molar-refractivity contribution in [3.05, 3.63) is 71.7 Å². The number of nitrogens with one attached hydrogen (secondary N) is 1. The number of carbonyl (C=O) groups is 1. The smallest absolute Gasteiger partial charge is 0.278 e. The average Bonchev–Trinajstić information content (AvgIpc) is 3.45. The van der Waals surface area contributed by atoms with Crippen LogP contribution in [-0.2, 0) is 0 Å². The highest BCUT2D eigenvalue weighted by atomic mass is 19.1. The van der Waals surface area contributed by atoms with E-state index in [4.69, 9.17) is 8.94 Å². The zero-order valence-electron chi connectivity index (χ0n) is 19.1. The maximum absolute atomic E-state index is 13.4. The Morgan fingerprint density at radius 1 is 1.18 bits per heavy atom. The van der Waals surface area contributed by atoms with Gasteiger partial charge in [0.2, 0.25) is 5.89 Å². The van der Waals surface area contributed by atoms with Crippen LogP contribution in [0.25, 0.3) is 22.7 Å². The van der Waals surface area contributed by atoms with E-state index in [2.05, 4.69) is 32.4 Å². The van der Waals surface area contributed by atoms with Gasteiger partial charge < -0.3 is 19.2 Å². The van der Waals surface area contributed by atoms with Crippen LogP contribution < -0.4 is 5.32 Å². The number of hydrogen-bond acceptors (Lipinski definition) is 7. The fourth-order valence-electron chi connectivity index (χ4n) is 4.01. The molecule has 1 aromatic carbocycles. The molecule has 1 aliphatic rings. The Balaban J connectivity index is 1.38. The second-order valence-electron chi connectivity index (χ2n) is 8.82. The maximum atomic E-state index is 13.4. The Bertz CT molecular complexity index is 1310. The molecule has 0 atom stereocenters. The van der Waals surface area contributed by atoms with Gasteiger partial charge in [-0.15, -0.1) is 0 Å². The number of benzene rings is 1. The number of oxazole rings is 1. The quantitative estimate of drug-likeness (QED) is 0.435. The van der Waals surface area contributed by atoms with Gasteiger partial charge in [0.25, 0.3) is 5.91 Å². The molecule has 8 nitrogen and oxygen atoms in total. The van der Waals surface area contributed by atoms with E-state index in [0.717, 1.165) is 18.7 Å². The third kappa shape index (κ3) is 4.22. The van der Waals surface area contributed by atoms with Crippen LogP contribution in [0.3, 0.4) is 0 Å². The molecule has 1 N–H and O–H groups in total. The molecule has 9 heteroatoms. The molecule has 1 amide bonds. The van der Waals surface area contributed by atoms with Gasteiger partial charge in [-0.3, -0.25) is 4.79 Å². The van der Waals surface area contributed by atoms with Crippen LogP contribution in [0.15, 0.2) is 57.8 Å². The molecule has 174 valence electrons. The van der Waals surface area contributed by atoms with E-state index in [1.807, 2.05) is 19.9 Å². The molecule has 34 heavy (non-hydrogen) atoms. The Kier molecular flexibility index (Phi) is 5.70. The third-order valence-corrected chi connectivity index (χ3v) is 5.87. The number of hydrogen-bond donors (Lipinski definition) is 1. The van der Waals surface area contributed by atoms with Crippen LogP contribution in [0.2, 0.25) is 0 Å². The molecule has 4 heterocycles. The van der Waals surface area contributed by atoms with Crippen molar-refractivity contribution in [3.63, 3.8) is 0 Å². The Morgan fingerprint density at radius 2 is 1.94 bits per heavy atom. The van der Waals surface area contributed by atoms with Gasteiger partial charge in [0.15, 0.2) is 11.5 Å². The maximum Gasteiger partial charge on any atom is 0.278 e. The molecule has 0 radical (unpaired) electrons. The highest BCUT2D eigenvalue weighted by Gasteiger charge is 2.27. The van der Waals surface area contributed by atoms with Crippen molar-refractivity contribution in [2.75, 3.05) is 25.5 Å². The summed E-state index contributed by atoms with van der Waals surface area (Å²) in [7, 11) is 2.08. The molecule has 0 saturated carbocycles. The standard InChI is InChI=1S/C25H24FN5O3/c1-14(2)23-21(22(30-34-23)15-4-7-18(26)8-5-15)25-28-19(13-33-25)24(32)29-20-9-6-16(10-27-20)17-11-31(3)12-17/h4-10,13-14,17H,11-12H2,1-3H3,(H,27,29,32). The average molecular weight is 461 g/mol. The van der Waals surface area contributed by atoms with E-state index in [0.29, 0.717) is 34.3 Å². The second kappa shape index (κ2) is 8.83. The van der Waals surface area contributed by atoms with Gasteiger partial charge in [-0.05, 0) is 42.9 Å². The first-order valence-electron chi connectivity index (χ1n) is 11.1. The van der Waals surface area contributed by atoms with Crippen molar-refractivity contribution in [2.24, 2.45) is 0 Å². The number of aromatic nitrogens is 3. The number of carbonyl (C=O) groups excluding carboxylic acids is 1. The summed E-state index contributed by atoms with van der Waals surface area (Å²) in [5, 5.41) is 6.92. The van der Waals surface area contributed by atoms with Crippen molar-refractivity contribution < 1.29 is 18.1 Å². The summed E-state index contributed by atoms with van der Waals surface area (Å²) in [5.74, 6) is 0.872.